The largest absolute Gasteiger partial charge is 0.399 e. The van der Waals surface area contributed by atoms with Crippen molar-refractivity contribution >= 4 is 29.3 Å². The number of benzene rings is 1. The molecule has 0 radical (unpaired) electrons. The van der Waals surface area contributed by atoms with Crippen LogP contribution in [0.2, 0.25) is 0 Å². The van der Waals surface area contributed by atoms with Crippen LogP contribution in [0.4, 0.5) is 5.69 Å². The van der Waals surface area contributed by atoms with Crippen LogP contribution in [0.25, 0.3) is 0 Å². The summed E-state index contributed by atoms with van der Waals surface area (Å²) in [6.45, 7) is 14.3. The van der Waals surface area contributed by atoms with E-state index in [2.05, 4.69) is 43.2 Å². The lowest BCUT2D eigenvalue weighted by Crippen LogP contribution is -2.59. The molecule has 1 aromatic carbocycles. The van der Waals surface area contributed by atoms with Gasteiger partial charge in [0, 0.05) is 39.5 Å². The molecule has 2 fully saturated rings. The molecule has 11 atom stereocenters. The third kappa shape index (κ3) is 11.4. The molecule has 0 saturated carbocycles. The lowest BCUT2D eigenvalue weighted by Gasteiger charge is -2.41. The Kier molecular flexibility index (Phi) is 17.9. The van der Waals surface area contributed by atoms with Crippen LogP contribution in [-0.2, 0) is 35.1 Å². The summed E-state index contributed by atoms with van der Waals surface area (Å²) >= 11 is 0. The summed E-state index contributed by atoms with van der Waals surface area (Å²) in [4.78, 5) is 61.5. The number of rotatable bonds is 20. The Balaban J connectivity index is 1.75. The molecule has 2 aliphatic heterocycles. The van der Waals surface area contributed by atoms with Crippen LogP contribution in [0, 0.1) is 23.7 Å². The average molecular weight is 773 g/mol. The van der Waals surface area contributed by atoms with Gasteiger partial charge in [-0.05, 0) is 74.6 Å². The van der Waals surface area contributed by atoms with Gasteiger partial charge in [0.2, 0.25) is 23.6 Å². The fraction of sp³-hybridized carbons (Fsp3) is 0.762. The van der Waals surface area contributed by atoms with E-state index < -0.39 is 36.3 Å². The lowest BCUT2D eigenvalue weighted by atomic mass is 9.89. The third-order valence-electron chi connectivity index (χ3n) is 12.4. The molecule has 0 aliphatic carbocycles. The number of likely N-dealkylation sites (tertiary alicyclic amines) is 2. The van der Waals surface area contributed by atoms with Crippen molar-refractivity contribution in [2.75, 3.05) is 47.2 Å². The summed E-state index contributed by atoms with van der Waals surface area (Å²) in [6, 6.07) is 5.33. The molecule has 13 nitrogen and oxygen atoms in total. The Morgan fingerprint density at radius 1 is 1.07 bits per heavy atom. The molecular weight excluding hydrogens is 700 g/mol. The smallest absolute Gasteiger partial charge is 0.245 e. The van der Waals surface area contributed by atoms with Gasteiger partial charge in [-0.15, -0.1) is 0 Å². The Morgan fingerprint density at radius 3 is 2.31 bits per heavy atom. The minimum absolute atomic E-state index is 0.0156. The minimum Gasteiger partial charge on any atom is -0.399 e. The number of amides is 4. The van der Waals surface area contributed by atoms with Gasteiger partial charge in [-0.25, -0.2) is 0 Å². The van der Waals surface area contributed by atoms with Gasteiger partial charge in [-0.3, -0.25) is 24.1 Å². The predicted molar refractivity (Wildman–Crippen MR) is 216 cm³/mol. The maximum Gasteiger partial charge on any atom is 0.245 e. The van der Waals surface area contributed by atoms with Gasteiger partial charge >= 0.3 is 0 Å². The first kappa shape index (κ1) is 46.1. The Hall–Kier alpha value is -3.26. The summed E-state index contributed by atoms with van der Waals surface area (Å²) in [5.74, 6) is -1.36. The van der Waals surface area contributed by atoms with Crippen LogP contribution < -0.4 is 16.4 Å². The molecule has 0 aromatic heterocycles. The van der Waals surface area contributed by atoms with E-state index in [0.29, 0.717) is 31.1 Å². The highest BCUT2D eigenvalue weighted by molar-refractivity contribution is 5.90. The van der Waals surface area contributed by atoms with E-state index in [0.717, 1.165) is 31.2 Å². The fourth-order valence-corrected chi connectivity index (χ4v) is 9.03. The number of carbonyl (C=O) groups is 4. The molecule has 55 heavy (non-hydrogen) atoms. The highest BCUT2D eigenvalue weighted by Crippen LogP contribution is 2.32. The quantitative estimate of drug-likeness (QED) is 0.145. The number of aliphatic hydroxyl groups is 1. The van der Waals surface area contributed by atoms with Crippen LogP contribution in [0.3, 0.4) is 0 Å². The number of aliphatic hydroxyl groups excluding tert-OH is 1. The molecule has 2 aliphatic rings. The second kappa shape index (κ2) is 21.3. The van der Waals surface area contributed by atoms with E-state index >= 15 is 0 Å². The number of methoxy groups -OCH3 is 2. The summed E-state index contributed by atoms with van der Waals surface area (Å²) in [6.07, 6.45) is 3.32. The topological polar surface area (TPSA) is 167 Å². The molecule has 0 bridgehead atoms. The van der Waals surface area contributed by atoms with Crippen LogP contribution >= 0.6 is 0 Å². The SMILES string of the molecule is CCC(C)C(C(CC(=O)N1CCCC1C(OC)C(C)C(=O)NC(CO)Cc1cccc(N)c1)OC)N(C)C(=O)C(NC(=O)C1C(C)CC(CC)N1C)C(C)C. The first-order chi connectivity index (χ1) is 26.0. The number of likely N-dealkylation sites (N-methyl/N-ethyl adjacent to an activating group) is 2. The summed E-state index contributed by atoms with van der Waals surface area (Å²) < 4.78 is 12.0. The van der Waals surface area contributed by atoms with Crippen LogP contribution in [0.1, 0.15) is 92.6 Å². The van der Waals surface area contributed by atoms with Crippen LogP contribution in [0.5, 0.6) is 0 Å². The Bertz CT molecular complexity index is 1410. The zero-order chi connectivity index (χ0) is 41.1. The summed E-state index contributed by atoms with van der Waals surface area (Å²) in [7, 11) is 6.87. The first-order valence-corrected chi connectivity index (χ1v) is 20.4. The molecule has 2 heterocycles. The number of carbonyl (C=O) groups excluding carboxylic acids is 4. The molecule has 13 heteroatoms. The lowest BCUT2D eigenvalue weighted by molar-refractivity contribution is -0.148. The van der Waals surface area contributed by atoms with Gasteiger partial charge in [-0.2, -0.15) is 0 Å². The highest BCUT2D eigenvalue weighted by atomic mass is 16.5. The first-order valence-electron chi connectivity index (χ1n) is 20.4. The van der Waals surface area contributed by atoms with Gasteiger partial charge in [0.05, 0.1) is 55.3 Å². The number of anilines is 1. The summed E-state index contributed by atoms with van der Waals surface area (Å²) in [5.41, 5.74) is 7.44. The van der Waals surface area contributed by atoms with Crippen molar-refractivity contribution in [1.82, 2.24) is 25.3 Å². The molecule has 1 aromatic rings. The van der Waals surface area contributed by atoms with Crippen LogP contribution in [0.15, 0.2) is 24.3 Å². The van der Waals surface area contributed by atoms with Crippen molar-refractivity contribution in [1.29, 1.82) is 0 Å². The fourth-order valence-electron chi connectivity index (χ4n) is 9.03. The molecule has 312 valence electrons. The number of nitrogens with zero attached hydrogens (tertiary/aromatic N) is 3. The molecule has 2 saturated heterocycles. The Morgan fingerprint density at radius 2 is 1.76 bits per heavy atom. The van der Waals surface area contributed by atoms with Gasteiger partial charge in [-0.1, -0.05) is 67.0 Å². The molecule has 0 spiro atoms. The molecule has 3 rings (SSSR count). The molecular formula is C42H72N6O7. The van der Waals surface area contributed by atoms with Crippen LogP contribution in [-0.4, -0.2) is 133 Å². The maximum atomic E-state index is 14.3. The van der Waals surface area contributed by atoms with Gasteiger partial charge < -0.3 is 40.7 Å². The number of nitrogens with one attached hydrogen (secondary N) is 2. The average Bonchev–Trinajstić information content (AvgIpc) is 3.75. The Labute approximate surface area is 330 Å². The van der Waals surface area contributed by atoms with Crippen molar-refractivity contribution in [2.24, 2.45) is 23.7 Å². The van der Waals surface area contributed by atoms with Crippen molar-refractivity contribution < 1.29 is 33.8 Å². The van der Waals surface area contributed by atoms with E-state index in [1.807, 2.05) is 39.1 Å². The second-order valence-electron chi connectivity index (χ2n) is 16.5. The monoisotopic (exact) mass is 773 g/mol. The maximum absolute atomic E-state index is 14.3. The summed E-state index contributed by atoms with van der Waals surface area (Å²) in [5, 5.41) is 16.2. The number of hydrogen-bond acceptors (Lipinski definition) is 9. The van der Waals surface area contributed by atoms with E-state index in [-0.39, 0.29) is 66.5 Å². The standard InChI is InChI=1S/C42H72N6O7/c1-12-26(5)37(47(9)42(53)36(25(3)4)45-41(52)38-27(6)20-32(13-2)46(38)8)34(54-10)23-35(50)48-19-15-18-33(48)39(55-11)28(7)40(51)44-31(24-49)22-29-16-14-17-30(43)21-29/h14,16-17,21,25-28,31-34,36-39,49H,12-13,15,18-20,22-24,43H2,1-11H3,(H,44,51)(H,45,52). The number of hydrogen-bond donors (Lipinski definition) is 4. The highest BCUT2D eigenvalue weighted by Gasteiger charge is 2.45. The number of ether oxygens (including phenoxy) is 2. The number of nitrogens with two attached hydrogens (primary N) is 1. The van der Waals surface area contributed by atoms with Crippen molar-refractivity contribution in [3.8, 4) is 0 Å². The van der Waals surface area contributed by atoms with Gasteiger partial charge in [0.15, 0.2) is 0 Å². The van der Waals surface area contributed by atoms with E-state index in [9.17, 15) is 24.3 Å². The zero-order valence-corrected chi connectivity index (χ0v) is 35.4. The zero-order valence-electron chi connectivity index (χ0n) is 35.4. The third-order valence-corrected chi connectivity index (χ3v) is 12.4. The van der Waals surface area contributed by atoms with Gasteiger partial charge in [0.1, 0.15) is 6.04 Å². The van der Waals surface area contributed by atoms with Gasteiger partial charge in [0.25, 0.3) is 0 Å². The van der Waals surface area contributed by atoms with Crippen molar-refractivity contribution in [3.63, 3.8) is 0 Å². The second-order valence-corrected chi connectivity index (χ2v) is 16.5. The van der Waals surface area contributed by atoms with E-state index in [4.69, 9.17) is 15.2 Å². The van der Waals surface area contributed by atoms with Crippen molar-refractivity contribution in [3.05, 3.63) is 29.8 Å². The van der Waals surface area contributed by atoms with E-state index in [1.54, 1.807) is 44.1 Å². The number of nitrogen functional groups attached to an aromatic ring is 1. The van der Waals surface area contributed by atoms with E-state index in [1.165, 1.54) is 0 Å². The molecule has 5 N–H and O–H groups in total. The van der Waals surface area contributed by atoms with Crippen molar-refractivity contribution in [2.45, 2.75) is 142 Å². The minimum atomic E-state index is -0.743. The normalized spacial score (nSPS) is 24.1. The molecule has 11 unspecified atom stereocenters. The molecule has 4 amide bonds. The predicted octanol–water partition coefficient (Wildman–Crippen LogP) is 3.47.